The topological polar surface area (TPSA) is 74.6 Å². The van der Waals surface area contributed by atoms with Crippen LogP contribution in [0.5, 0.6) is 0 Å². The van der Waals surface area contributed by atoms with Crippen molar-refractivity contribution in [3.05, 3.63) is 0 Å². The molecule has 2 N–H and O–H groups in total. The summed E-state index contributed by atoms with van der Waals surface area (Å²) in [6.45, 7) is 7.70. The van der Waals surface area contributed by atoms with E-state index in [1.165, 1.54) is 0 Å². The van der Waals surface area contributed by atoms with Crippen LogP contribution < -0.4 is 0 Å². The second-order valence-electron chi connectivity index (χ2n) is 5.84. The van der Waals surface area contributed by atoms with Crippen LogP contribution in [0.4, 0.5) is 0 Å². The van der Waals surface area contributed by atoms with Gasteiger partial charge in [-0.2, -0.15) is 0 Å². The van der Waals surface area contributed by atoms with Gasteiger partial charge in [0.2, 0.25) is 0 Å². The minimum Gasteiger partial charge on any atom is -0.481 e. The number of aliphatic carboxylic acids is 2. The predicted molar refractivity (Wildman–Crippen MR) is 79.8 cm³/mol. The van der Waals surface area contributed by atoms with Gasteiger partial charge in [-0.3, -0.25) is 9.59 Å². The molecule has 0 spiro atoms. The molecule has 1 unspecified atom stereocenters. The Morgan fingerprint density at radius 1 is 0.750 bits per heavy atom. The van der Waals surface area contributed by atoms with Gasteiger partial charge in [0.25, 0.3) is 0 Å². The van der Waals surface area contributed by atoms with Crippen molar-refractivity contribution in [2.45, 2.75) is 79.1 Å². The summed E-state index contributed by atoms with van der Waals surface area (Å²) in [6, 6.07) is 0. The lowest BCUT2D eigenvalue weighted by Crippen LogP contribution is -2.33. The highest BCUT2D eigenvalue weighted by molar-refractivity contribution is 5.75. The maximum Gasteiger partial charge on any atom is 0.309 e. The molecule has 118 valence electrons. The van der Waals surface area contributed by atoms with Gasteiger partial charge in [-0.15, -0.1) is 0 Å². The van der Waals surface area contributed by atoms with Gasteiger partial charge in [0.1, 0.15) is 0 Å². The van der Waals surface area contributed by atoms with E-state index in [1.54, 1.807) is 0 Å². The van der Waals surface area contributed by atoms with E-state index in [4.69, 9.17) is 0 Å². The lowest BCUT2D eigenvalue weighted by molar-refractivity contribution is -0.151. The zero-order chi connectivity index (χ0) is 15.8. The minimum atomic E-state index is -0.754. The van der Waals surface area contributed by atoms with E-state index in [0.717, 1.165) is 6.42 Å². The molecule has 0 rings (SSSR count). The summed E-state index contributed by atoms with van der Waals surface area (Å²) in [5, 5.41) is 18.9. The van der Waals surface area contributed by atoms with E-state index in [1.807, 2.05) is 27.7 Å². The van der Waals surface area contributed by atoms with Crippen LogP contribution >= 0.6 is 0 Å². The Hall–Kier alpha value is -1.06. The molecule has 0 aromatic rings. The summed E-state index contributed by atoms with van der Waals surface area (Å²) in [4.78, 5) is 23.0. The first-order valence-electron chi connectivity index (χ1n) is 7.81. The molecule has 0 radical (unpaired) electrons. The highest BCUT2D eigenvalue weighted by atomic mass is 16.4. The van der Waals surface area contributed by atoms with Gasteiger partial charge < -0.3 is 10.2 Å². The molecular formula is C16H30O4. The monoisotopic (exact) mass is 286 g/mol. The molecular weight excluding hydrogens is 256 g/mol. The number of hydrogen-bond donors (Lipinski definition) is 2. The molecule has 0 aromatic heterocycles. The maximum absolute atomic E-state index is 11.6. The van der Waals surface area contributed by atoms with Gasteiger partial charge in [0.15, 0.2) is 0 Å². The van der Waals surface area contributed by atoms with Crippen molar-refractivity contribution in [3.8, 4) is 0 Å². The molecule has 0 saturated heterocycles. The Bertz CT molecular complexity index is 320. The third-order valence-corrected chi connectivity index (χ3v) is 4.98. The quantitative estimate of drug-likeness (QED) is 0.593. The van der Waals surface area contributed by atoms with Crippen LogP contribution in [0.15, 0.2) is 0 Å². The minimum absolute atomic E-state index is 0.564. The van der Waals surface area contributed by atoms with E-state index in [0.29, 0.717) is 44.9 Å². The summed E-state index contributed by atoms with van der Waals surface area (Å²) < 4.78 is 0. The average Bonchev–Trinajstić information content (AvgIpc) is 2.42. The molecule has 20 heavy (non-hydrogen) atoms. The normalized spacial score (nSPS) is 14.8. The number of hydrogen-bond acceptors (Lipinski definition) is 2. The highest BCUT2D eigenvalue weighted by Crippen LogP contribution is 2.39. The Morgan fingerprint density at radius 3 is 1.45 bits per heavy atom. The van der Waals surface area contributed by atoms with Crippen molar-refractivity contribution in [1.82, 2.24) is 0 Å². The number of carboxylic acids is 2. The van der Waals surface area contributed by atoms with Crippen LogP contribution in [0.1, 0.15) is 79.1 Å². The van der Waals surface area contributed by atoms with E-state index >= 15 is 0 Å². The predicted octanol–water partition coefficient (Wildman–Crippen LogP) is 4.33. The Balaban J connectivity index is 4.80. The lowest BCUT2D eigenvalue weighted by atomic mass is 9.72. The standard InChI is InChI=1S/C16H30O4/c1-5-10-16(8-4,14(19)20)12-9-11-15(6-2,7-3)13(17)18/h5-12H2,1-4H3,(H,17,18)(H,19,20). The molecule has 0 amide bonds. The second-order valence-corrected chi connectivity index (χ2v) is 5.84. The van der Waals surface area contributed by atoms with Crippen LogP contribution in [0.25, 0.3) is 0 Å². The fourth-order valence-electron chi connectivity index (χ4n) is 3.10. The van der Waals surface area contributed by atoms with Crippen molar-refractivity contribution in [2.24, 2.45) is 10.8 Å². The third kappa shape index (κ3) is 4.22. The molecule has 0 aliphatic rings. The van der Waals surface area contributed by atoms with E-state index < -0.39 is 22.8 Å². The van der Waals surface area contributed by atoms with Crippen LogP contribution in [0.2, 0.25) is 0 Å². The summed E-state index contributed by atoms with van der Waals surface area (Å²) in [5.74, 6) is -1.49. The highest BCUT2D eigenvalue weighted by Gasteiger charge is 2.38. The van der Waals surface area contributed by atoms with E-state index in [9.17, 15) is 19.8 Å². The van der Waals surface area contributed by atoms with E-state index in [-0.39, 0.29) is 0 Å². The van der Waals surface area contributed by atoms with Crippen LogP contribution in [0, 0.1) is 10.8 Å². The first kappa shape index (κ1) is 18.9. The van der Waals surface area contributed by atoms with Gasteiger partial charge in [-0.1, -0.05) is 40.5 Å². The van der Waals surface area contributed by atoms with Crippen LogP contribution in [-0.2, 0) is 9.59 Å². The third-order valence-electron chi connectivity index (χ3n) is 4.98. The van der Waals surface area contributed by atoms with Crippen molar-refractivity contribution in [3.63, 3.8) is 0 Å². The molecule has 0 aliphatic heterocycles. The fourth-order valence-corrected chi connectivity index (χ4v) is 3.10. The average molecular weight is 286 g/mol. The summed E-state index contributed by atoms with van der Waals surface area (Å²) in [6.07, 6.45) is 5.10. The van der Waals surface area contributed by atoms with Crippen molar-refractivity contribution >= 4 is 11.9 Å². The zero-order valence-electron chi connectivity index (χ0n) is 13.4. The second kappa shape index (κ2) is 8.28. The van der Waals surface area contributed by atoms with Gasteiger partial charge in [-0.25, -0.2) is 0 Å². The SMILES string of the molecule is CCCC(CC)(CCCC(CC)(CC)C(=O)O)C(=O)O. The summed E-state index contributed by atoms with van der Waals surface area (Å²) in [5.41, 5.74) is -1.37. The number of carbonyl (C=O) groups is 2. The lowest BCUT2D eigenvalue weighted by Gasteiger charge is -2.31. The zero-order valence-corrected chi connectivity index (χ0v) is 13.4. The summed E-state index contributed by atoms with van der Waals surface area (Å²) >= 11 is 0. The first-order valence-corrected chi connectivity index (χ1v) is 7.81. The van der Waals surface area contributed by atoms with Gasteiger partial charge in [-0.05, 0) is 38.5 Å². The van der Waals surface area contributed by atoms with Crippen LogP contribution in [-0.4, -0.2) is 22.2 Å². The Labute approximate surface area is 122 Å². The molecule has 4 heteroatoms. The molecule has 0 heterocycles. The molecule has 0 bridgehead atoms. The van der Waals surface area contributed by atoms with Gasteiger partial charge >= 0.3 is 11.9 Å². The van der Waals surface area contributed by atoms with Crippen molar-refractivity contribution in [1.29, 1.82) is 0 Å². The largest absolute Gasteiger partial charge is 0.481 e. The smallest absolute Gasteiger partial charge is 0.309 e. The number of carboxylic acid groups (broad SMARTS) is 2. The number of rotatable bonds is 11. The van der Waals surface area contributed by atoms with Crippen molar-refractivity contribution < 1.29 is 19.8 Å². The van der Waals surface area contributed by atoms with Gasteiger partial charge in [0, 0.05) is 0 Å². The van der Waals surface area contributed by atoms with Crippen molar-refractivity contribution in [2.75, 3.05) is 0 Å². The molecule has 0 aliphatic carbocycles. The maximum atomic E-state index is 11.6. The Morgan fingerprint density at radius 2 is 1.15 bits per heavy atom. The molecule has 0 fully saturated rings. The first-order chi connectivity index (χ1) is 9.34. The Kier molecular flexibility index (Phi) is 7.84. The van der Waals surface area contributed by atoms with Crippen LogP contribution in [0.3, 0.4) is 0 Å². The molecule has 0 saturated carbocycles. The summed E-state index contributed by atoms with van der Waals surface area (Å²) in [7, 11) is 0. The molecule has 4 nitrogen and oxygen atoms in total. The van der Waals surface area contributed by atoms with Gasteiger partial charge in [0.05, 0.1) is 10.8 Å². The molecule has 0 aromatic carbocycles. The van der Waals surface area contributed by atoms with E-state index in [2.05, 4.69) is 0 Å². The molecule has 1 atom stereocenters. The fraction of sp³-hybridized carbons (Fsp3) is 0.875.